The van der Waals surface area contributed by atoms with Gasteiger partial charge in [0.15, 0.2) is 0 Å². The van der Waals surface area contributed by atoms with Gasteiger partial charge in [0.25, 0.3) is 0 Å². The summed E-state index contributed by atoms with van der Waals surface area (Å²) in [6.07, 6.45) is 6.65. The van der Waals surface area contributed by atoms with Gasteiger partial charge in [-0.25, -0.2) is 0 Å². The van der Waals surface area contributed by atoms with E-state index >= 15 is 0 Å². The van der Waals surface area contributed by atoms with Gasteiger partial charge in [-0.1, -0.05) is 33.1 Å². The molecule has 0 aromatic heterocycles. The zero-order valence-electron chi connectivity index (χ0n) is 8.97. The van der Waals surface area contributed by atoms with Crippen LogP contribution in [0.4, 0.5) is 0 Å². The second-order valence-corrected chi connectivity index (χ2v) is 4.64. The minimum Gasteiger partial charge on any atom is -0.390 e. The number of hydrogen-bond donors (Lipinski definition) is 2. The summed E-state index contributed by atoms with van der Waals surface area (Å²) in [5, 5.41) is 13.5. The summed E-state index contributed by atoms with van der Waals surface area (Å²) in [5.41, 5.74) is -0.347. The maximum absolute atomic E-state index is 10.1. The quantitative estimate of drug-likeness (QED) is 0.702. The monoisotopic (exact) mass is 185 g/mol. The molecule has 1 fully saturated rings. The first-order chi connectivity index (χ1) is 6.12. The van der Waals surface area contributed by atoms with Gasteiger partial charge in [0.05, 0.1) is 5.60 Å². The molecule has 78 valence electrons. The van der Waals surface area contributed by atoms with Crippen molar-refractivity contribution < 1.29 is 5.11 Å². The fourth-order valence-electron chi connectivity index (χ4n) is 2.05. The van der Waals surface area contributed by atoms with Crippen molar-refractivity contribution in [2.75, 3.05) is 6.54 Å². The Morgan fingerprint density at radius 2 is 1.85 bits per heavy atom. The molecule has 2 nitrogen and oxygen atoms in total. The first kappa shape index (κ1) is 11.0. The highest BCUT2D eigenvalue weighted by molar-refractivity contribution is 4.82. The third kappa shape index (κ3) is 4.10. The zero-order valence-corrected chi connectivity index (χ0v) is 8.97. The second kappa shape index (κ2) is 4.97. The lowest BCUT2D eigenvalue weighted by molar-refractivity contribution is -0.00354. The van der Waals surface area contributed by atoms with Crippen molar-refractivity contribution in [3.63, 3.8) is 0 Å². The minimum atomic E-state index is -0.347. The number of hydrogen-bond acceptors (Lipinski definition) is 2. The predicted molar refractivity (Wildman–Crippen MR) is 55.8 cm³/mol. The molecule has 0 amide bonds. The van der Waals surface area contributed by atoms with E-state index < -0.39 is 0 Å². The third-order valence-electron chi connectivity index (χ3n) is 2.93. The number of aliphatic hydroxyl groups is 1. The molecule has 1 aliphatic carbocycles. The average Bonchev–Trinajstić information content (AvgIpc) is 2.04. The van der Waals surface area contributed by atoms with Crippen LogP contribution in [-0.2, 0) is 0 Å². The van der Waals surface area contributed by atoms with Crippen LogP contribution in [0.25, 0.3) is 0 Å². The molecule has 0 bridgehead atoms. The van der Waals surface area contributed by atoms with Crippen LogP contribution < -0.4 is 5.32 Å². The highest BCUT2D eigenvalue weighted by Crippen LogP contribution is 2.30. The van der Waals surface area contributed by atoms with Crippen LogP contribution in [0.2, 0.25) is 0 Å². The standard InChI is InChI=1S/C11H23NO/c1-10(2)12-9-8-11(13)6-4-3-5-7-11/h10,12-13H,3-9H2,1-2H3. The van der Waals surface area contributed by atoms with Gasteiger partial charge in [-0.15, -0.1) is 0 Å². The Labute approximate surface area is 81.7 Å². The molecular weight excluding hydrogens is 162 g/mol. The van der Waals surface area contributed by atoms with Gasteiger partial charge >= 0.3 is 0 Å². The van der Waals surface area contributed by atoms with E-state index in [1.807, 2.05) is 0 Å². The van der Waals surface area contributed by atoms with Gasteiger partial charge in [0.1, 0.15) is 0 Å². The Balaban J connectivity index is 2.17. The molecule has 0 atom stereocenters. The van der Waals surface area contributed by atoms with E-state index in [9.17, 15) is 5.11 Å². The highest BCUT2D eigenvalue weighted by atomic mass is 16.3. The smallest absolute Gasteiger partial charge is 0.0659 e. The van der Waals surface area contributed by atoms with E-state index in [4.69, 9.17) is 0 Å². The lowest BCUT2D eigenvalue weighted by Crippen LogP contribution is -2.36. The molecule has 0 spiro atoms. The molecule has 1 aliphatic rings. The van der Waals surface area contributed by atoms with Crippen LogP contribution in [0.3, 0.4) is 0 Å². The van der Waals surface area contributed by atoms with Crippen LogP contribution in [0.1, 0.15) is 52.4 Å². The molecule has 0 unspecified atom stereocenters. The van der Waals surface area contributed by atoms with E-state index in [1.54, 1.807) is 0 Å². The van der Waals surface area contributed by atoms with Crippen LogP contribution in [-0.4, -0.2) is 23.3 Å². The summed E-state index contributed by atoms with van der Waals surface area (Å²) in [4.78, 5) is 0. The molecule has 2 N–H and O–H groups in total. The molecule has 0 aromatic carbocycles. The van der Waals surface area contributed by atoms with Crippen molar-refractivity contribution in [3.8, 4) is 0 Å². The Hall–Kier alpha value is -0.0800. The SMILES string of the molecule is CC(C)NCCC1(O)CCCCC1. The fourth-order valence-corrected chi connectivity index (χ4v) is 2.05. The van der Waals surface area contributed by atoms with Gasteiger partial charge in [-0.3, -0.25) is 0 Å². The first-order valence-electron chi connectivity index (χ1n) is 5.58. The van der Waals surface area contributed by atoms with Gasteiger partial charge in [-0.05, 0) is 25.8 Å². The lowest BCUT2D eigenvalue weighted by atomic mass is 9.82. The fraction of sp³-hybridized carbons (Fsp3) is 1.00. The van der Waals surface area contributed by atoms with E-state index in [-0.39, 0.29) is 5.60 Å². The van der Waals surface area contributed by atoms with Crippen LogP contribution in [0, 0.1) is 0 Å². The van der Waals surface area contributed by atoms with Gasteiger partial charge in [0, 0.05) is 6.04 Å². The molecule has 0 saturated heterocycles. The second-order valence-electron chi connectivity index (χ2n) is 4.64. The lowest BCUT2D eigenvalue weighted by Gasteiger charge is -2.32. The van der Waals surface area contributed by atoms with Crippen molar-refractivity contribution in [1.82, 2.24) is 5.32 Å². The predicted octanol–water partition coefficient (Wildman–Crippen LogP) is 2.07. The Morgan fingerprint density at radius 1 is 1.23 bits per heavy atom. The van der Waals surface area contributed by atoms with Crippen LogP contribution in [0.15, 0.2) is 0 Å². The van der Waals surface area contributed by atoms with E-state index in [1.165, 1.54) is 19.3 Å². The molecule has 0 aliphatic heterocycles. The maximum atomic E-state index is 10.1. The van der Waals surface area contributed by atoms with Gasteiger partial charge < -0.3 is 10.4 Å². The molecule has 0 radical (unpaired) electrons. The highest BCUT2D eigenvalue weighted by Gasteiger charge is 2.28. The third-order valence-corrected chi connectivity index (χ3v) is 2.93. The van der Waals surface area contributed by atoms with Crippen molar-refractivity contribution >= 4 is 0 Å². The average molecular weight is 185 g/mol. The topological polar surface area (TPSA) is 32.3 Å². The van der Waals surface area contributed by atoms with Crippen molar-refractivity contribution in [2.24, 2.45) is 0 Å². The van der Waals surface area contributed by atoms with Crippen molar-refractivity contribution in [2.45, 2.75) is 64.0 Å². The van der Waals surface area contributed by atoms with E-state index in [2.05, 4.69) is 19.2 Å². The molecular formula is C11H23NO. The van der Waals surface area contributed by atoms with E-state index in [0.29, 0.717) is 6.04 Å². The Kier molecular flexibility index (Phi) is 4.20. The van der Waals surface area contributed by atoms with Crippen LogP contribution >= 0.6 is 0 Å². The largest absolute Gasteiger partial charge is 0.390 e. The van der Waals surface area contributed by atoms with Crippen molar-refractivity contribution in [3.05, 3.63) is 0 Å². The molecule has 1 saturated carbocycles. The molecule has 0 heterocycles. The Bertz CT molecular complexity index is 139. The normalized spacial score (nSPS) is 22.2. The van der Waals surface area contributed by atoms with Gasteiger partial charge in [-0.2, -0.15) is 0 Å². The Morgan fingerprint density at radius 3 is 2.38 bits per heavy atom. The number of rotatable bonds is 4. The first-order valence-corrected chi connectivity index (χ1v) is 5.58. The molecule has 2 heteroatoms. The summed E-state index contributed by atoms with van der Waals surface area (Å²) in [5.74, 6) is 0. The summed E-state index contributed by atoms with van der Waals surface area (Å²) >= 11 is 0. The van der Waals surface area contributed by atoms with E-state index in [0.717, 1.165) is 25.8 Å². The summed E-state index contributed by atoms with van der Waals surface area (Å²) < 4.78 is 0. The minimum absolute atomic E-state index is 0.347. The van der Waals surface area contributed by atoms with Gasteiger partial charge in [0.2, 0.25) is 0 Å². The maximum Gasteiger partial charge on any atom is 0.0659 e. The van der Waals surface area contributed by atoms with Crippen LogP contribution in [0.5, 0.6) is 0 Å². The van der Waals surface area contributed by atoms with Crippen molar-refractivity contribution in [1.29, 1.82) is 0 Å². The molecule has 1 rings (SSSR count). The summed E-state index contributed by atoms with van der Waals surface area (Å²) in [7, 11) is 0. The summed E-state index contributed by atoms with van der Waals surface area (Å²) in [6, 6.07) is 0.534. The number of nitrogens with one attached hydrogen (secondary N) is 1. The molecule has 0 aromatic rings. The molecule has 13 heavy (non-hydrogen) atoms. The summed E-state index contributed by atoms with van der Waals surface area (Å²) in [6.45, 7) is 5.24. The zero-order chi connectivity index (χ0) is 9.73.